The van der Waals surface area contributed by atoms with Crippen LogP contribution in [0.15, 0.2) is 34.9 Å². The van der Waals surface area contributed by atoms with Crippen molar-refractivity contribution in [2.24, 2.45) is 0 Å². The molecule has 23 heavy (non-hydrogen) atoms. The first-order valence-electron chi connectivity index (χ1n) is 7.42. The summed E-state index contributed by atoms with van der Waals surface area (Å²) in [5.41, 5.74) is 0. The summed E-state index contributed by atoms with van der Waals surface area (Å²) in [6, 6.07) is 7.14. The zero-order chi connectivity index (χ0) is 16.2. The van der Waals surface area contributed by atoms with Gasteiger partial charge in [0.2, 0.25) is 0 Å². The van der Waals surface area contributed by atoms with Gasteiger partial charge in [0.15, 0.2) is 0 Å². The van der Waals surface area contributed by atoms with Gasteiger partial charge in [-0.2, -0.15) is 8.78 Å². The van der Waals surface area contributed by atoms with Gasteiger partial charge in [0.05, 0.1) is 12.2 Å². The maximum atomic E-state index is 12.2. The van der Waals surface area contributed by atoms with E-state index in [4.69, 9.17) is 9.15 Å². The van der Waals surface area contributed by atoms with Crippen LogP contribution in [0.5, 0.6) is 5.75 Å². The molecule has 0 radical (unpaired) electrons. The molecule has 3 rings (SSSR count). The van der Waals surface area contributed by atoms with E-state index in [2.05, 4.69) is 14.6 Å². The Morgan fingerprint density at radius 1 is 1.35 bits per heavy atom. The van der Waals surface area contributed by atoms with E-state index in [-0.39, 0.29) is 11.8 Å². The molecule has 1 aliphatic rings. The van der Waals surface area contributed by atoms with Gasteiger partial charge < -0.3 is 18.8 Å². The number of aromatic nitrogens is 1. The van der Waals surface area contributed by atoms with E-state index in [1.54, 1.807) is 13.2 Å². The van der Waals surface area contributed by atoms with Gasteiger partial charge in [-0.1, -0.05) is 0 Å². The molecule has 1 saturated heterocycles. The fraction of sp³-hybridized carbons (Fsp3) is 0.438. The number of furan rings is 1. The Morgan fingerprint density at radius 2 is 2.22 bits per heavy atom. The lowest BCUT2D eigenvalue weighted by Crippen LogP contribution is -2.23. The molecule has 0 N–H and O–H groups in total. The molecule has 0 aliphatic carbocycles. The topological polar surface area (TPSA) is 47.7 Å². The van der Waals surface area contributed by atoms with Crippen molar-refractivity contribution in [1.82, 2.24) is 4.98 Å². The predicted molar refractivity (Wildman–Crippen MR) is 79.6 cm³/mol. The zero-order valence-corrected chi connectivity index (χ0v) is 12.7. The molecule has 2 aromatic rings. The number of ether oxygens (including phenoxy) is 2. The van der Waals surface area contributed by atoms with Crippen LogP contribution >= 0.6 is 0 Å². The van der Waals surface area contributed by atoms with Crippen molar-refractivity contribution < 1.29 is 22.7 Å². The molecular formula is C16H18F2N2O3. The van der Waals surface area contributed by atoms with Crippen LogP contribution in [0, 0.1) is 0 Å². The third kappa shape index (κ3) is 3.61. The Balaban J connectivity index is 1.75. The van der Waals surface area contributed by atoms with Gasteiger partial charge in [0.1, 0.15) is 29.7 Å². The van der Waals surface area contributed by atoms with Crippen molar-refractivity contribution in [3.8, 4) is 5.75 Å². The monoisotopic (exact) mass is 324 g/mol. The second kappa shape index (κ2) is 6.95. The van der Waals surface area contributed by atoms with Gasteiger partial charge >= 0.3 is 6.61 Å². The molecule has 0 saturated carbocycles. The molecule has 1 atom stereocenters. The van der Waals surface area contributed by atoms with Gasteiger partial charge in [-0.3, -0.25) is 0 Å². The van der Waals surface area contributed by atoms with Crippen LogP contribution in [-0.2, 0) is 11.3 Å². The number of halogens is 2. The Morgan fingerprint density at radius 3 is 2.91 bits per heavy atom. The van der Waals surface area contributed by atoms with Crippen molar-refractivity contribution in [1.29, 1.82) is 0 Å². The first-order valence-corrected chi connectivity index (χ1v) is 7.42. The van der Waals surface area contributed by atoms with Crippen LogP contribution in [0.3, 0.4) is 0 Å². The molecule has 1 aliphatic heterocycles. The molecule has 0 spiro atoms. The largest absolute Gasteiger partial charge is 0.461 e. The molecule has 5 nitrogen and oxygen atoms in total. The molecule has 1 fully saturated rings. The highest BCUT2D eigenvalue weighted by molar-refractivity contribution is 5.44. The molecule has 124 valence electrons. The van der Waals surface area contributed by atoms with Gasteiger partial charge in [0.25, 0.3) is 0 Å². The SMILES string of the molecule is COCc1ccc([C@@H]2CCCN2c2ccc(OC(F)F)cn2)o1. The molecule has 7 heteroatoms. The van der Waals surface area contributed by atoms with Crippen molar-refractivity contribution in [3.05, 3.63) is 42.0 Å². The summed E-state index contributed by atoms with van der Waals surface area (Å²) >= 11 is 0. The van der Waals surface area contributed by atoms with Gasteiger partial charge in [-0.25, -0.2) is 4.98 Å². The van der Waals surface area contributed by atoms with E-state index < -0.39 is 6.61 Å². The highest BCUT2D eigenvalue weighted by Gasteiger charge is 2.29. The lowest BCUT2D eigenvalue weighted by atomic mass is 10.1. The number of pyridine rings is 1. The number of methoxy groups -OCH3 is 1. The maximum absolute atomic E-state index is 12.2. The van der Waals surface area contributed by atoms with Crippen LogP contribution in [0.4, 0.5) is 14.6 Å². The standard InChI is InChI=1S/C16H18F2N2O3/c1-21-10-12-4-6-14(22-12)13-3-2-8-20(13)15-7-5-11(9-19-15)23-16(17)18/h4-7,9,13,16H,2-3,8,10H2,1H3/t13-/m0/s1. The zero-order valence-electron chi connectivity index (χ0n) is 12.7. The van der Waals surface area contributed by atoms with Crippen molar-refractivity contribution in [2.75, 3.05) is 18.6 Å². The summed E-state index contributed by atoms with van der Waals surface area (Å²) in [5, 5.41) is 0. The number of hydrogen-bond acceptors (Lipinski definition) is 5. The smallest absolute Gasteiger partial charge is 0.387 e. The quantitative estimate of drug-likeness (QED) is 0.809. The molecule has 0 aromatic carbocycles. The maximum Gasteiger partial charge on any atom is 0.387 e. The second-order valence-electron chi connectivity index (χ2n) is 5.32. The van der Waals surface area contributed by atoms with Crippen molar-refractivity contribution >= 4 is 5.82 Å². The van der Waals surface area contributed by atoms with E-state index >= 15 is 0 Å². The summed E-state index contributed by atoms with van der Waals surface area (Å²) in [5.74, 6) is 2.42. The van der Waals surface area contributed by atoms with Gasteiger partial charge in [-0.15, -0.1) is 0 Å². The lowest BCUT2D eigenvalue weighted by molar-refractivity contribution is -0.0500. The number of nitrogens with zero attached hydrogens (tertiary/aromatic N) is 2. The number of hydrogen-bond donors (Lipinski definition) is 0. The minimum absolute atomic E-state index is 0.0554. The van der Waals surface area contributed by atoms with Gasteiger partial charge in [-0.05, 0) is 37.1 Å². The molecule has 0 bridgehead atoms. The van der Waals surface area contributed by atoms with E-state index in [9.17, 15) is 8.78 Å². The third-order valence-electron chi connectivity index (χ3n) is 3.79. The molecule has 2 aromatic heterocycles. The van der Waals surface area contributed by atoms with Crippen molar-refractivity contribution in [2.45, 2.75) is 32.1 Å². The van der Waals surface area contributed by atoms with Gasteiger partial charge in [0, 0.05) is 13.7 Å². The first kappa shape index (κ1) is 15.7. The molecule has 0 amide bonds. The third-order valence-corrected chi connectivity index (χ3v) is 3.79. The first-order chi connectivity index (χ1) is 11.2. The lowest BCUT2D eigenvalue weighted by Gasteiger charge is -2.24. The minimum Gasteiger partial charge on any atom is -0.461 e. The molecule has 0 unspecified atom stereocenters. The second-order valence-corrected chi connectivity index (χ2v) is 5.32. The average molecular weight is 324 g/mol. The number of anilines is 1. The summed E-state index contributed by atoms with van der Waals surface area (Å²) in [4.78, 5) is 6.35. The van der Waals surface area contributed by atoms with E-state index in [1.807, 2.05) is 12.1 Å². The number of alkyl halides is 2. The Labute approximate surface area is 132 Å². The fourth-order valence-electron chi connectivity index (χ4n) is 2.85. The predicted octanol–water partition coefficient (Wildman–Crippen LogP) is 3.76. The summed E-state index contributed by atoms with van der Waals surface area (Å²) in [6.45, 7) is -1.57. The van der Waals surface area contributed by atoms with Crippen LogP contribution in [0.25, 0.3) is 0 Å². The Bertz CT molecular complexity index is 631. The molecular weight excluding hydrogens is 306 g/mol. The van der Waals surface area contributed by atoms with E-state index in [0.717, 1.165) is 36.7 Å². The van der Waals surface area contributed by atoms with E-state index in [1.165, 1.54) is 12.3 Å². The molecule has 3 heterocycles. The summed E-state index contributed by atoms with van der Waals surface area (Å²) in [6.07, 6.45) is 3.29. The van der Waals surface area contributed by atoms with Crippen LogP contribution in [0.1, 0.15) is 30.4 Å². The summed E-state index contributed by atoms with van der Waals surface area (Å²) in [7, 11) is 1.62. The van der Waals surface area contributed by atoms with Crippen LogP contribution in [0.2, 0.25) is 0 Å². The Kier molecular flexibility index (Phi) is 4.76. The van der Waals surface area contributed by atoms with E-state index in [0.29, 0.717) is 6.61 Å². The number of rotatable bonds is 6. The Hall–Kier alpha value is -2.15. The average Bonchev–Trinajstić information content (AvgIpc) is 3.16. The highest BCUT2D eigenvalue weighted by atomic mass is 19.3. The fourth-order valence-corrected chi connectivity index (χ4v) is 2.85. The summed E-state index contributed by atoms with van der Waals surface area (Å²) < 4.78 is 39.6. The highest BCUT2D eigenvalue weighted by Crippen LogP contribution is 2.36. The van der Waals surface area contributed by atoms with Crippen LogP contribution < -0.4 is 9.64 Å². The van der Waals surface area contributed by atoms with Crippen LogP contribution in [-0.4, -0.2) is 25.3 Å². The van der Waals surface area contributed by atoms with Crippen molar-refractivity contribution in [3.63, 3.8) is 0 Å². The normalized spacial score (nSPS) is 17.9. The minimum atomic E-state index is -2.84.